The van der Waals surface area contributed by atoms with Crippen molar-refractivity contribution in [1.82, 2.24) is 4.90 Å². The quantitative estimate of drug-likeness (QED) is 0.478. The molecule has 1 atom stereocenters. The highest BCUT2D eigenvalue weighted by Crippen LogP contribution is 2.05. The highest BCUT2D eigenvalue weighted by molar-refractivity contribution is 5.83. The maximum atomic E-state index is 11.3. The molecule has 0 bridgehead atoms. The van der Waals surface area contributed by atoms with E-state index in [2.05, 4.69) is 0 Å². The number of nitrogens with zero attached hydrogens (tertiary/aromatic N) is 1. The van der Waals surface area contributed by atoms with E-state index in [1.54, 1.807) is 0 Å². The van der Waals surface area contributed by atoms with Gasteiger partial charge < -0.3 is 15.9 Å². The summed E-state index contributed by atoms with van der Waals surface area (Å²) in [6, 6.07) is -0.753. The molecule has 0 unspecified atom stereocenters. The Balaban J connectivity index is 4.72. The summed E-state index contributed by atoms with van der Waals surface area (Å²) in [5.41, 5.74) is 5.29. The molecule has 0 aromatic heterocycles. The van der Waals surface area contributed by atoms with Gasteiger partial charge in [-0.1, -0.05) is 0 Å². The van der Waals surface area contributed by atoms with Gasteiger partial charge in [-0.05, 0) is 19.9 Å². The first-order valence-electron chi connectivity index (χ1n) is 4.76. The molecule has 16 heavy (non-hydrogen) atoms. The van der Waals surface area contributed by atoms with Crippen molar-refractivity contribution < 1.29 is 24.6 Å². The summed E-state index contributed by atoms with van der Waals surface area (Å²) in [6.07, 6.45) is 0.246. The number of hydrogen-bond donors (Lipinski definition) is 3. The zero-order valence-corrected chi connectivity index (χ0v) is 9.05. The van der Waals surface area contributed by atoms with Crippen LogP contribution in [0.2, 0.25) is 0 Å². The maximum absolute atomic E-state index is 11.3. The Bertz CT molecular complexity index is 263. The van der Waals surface area contributed by atoms with Gasteiger partial charge in [0.1, 0.15) is 5.78 Å². The molecule has 0 amide bonds. The first-order valence-corrected chi connectivity index (χ1v) is 4.76. The fourth-order valence-electron chi connectivity index (χ4n) is 1.42. The molecular weight excluding hydrogens is 216 g/mol. The normalized spacial score (nSPS) is 12.4. The lowest BCUT2D eigenvalue weighted by Gasteiger charge is -2.26. The SMILES string of the molecule is CC(=O)[C@@H](CCN)N(CC(=O)O)CC(=O)O. The van der Waals surface area contributed by atoms with E-state index in [4.69, 9.17) is 15.9 Å². The van der Waals surface area contributed by atoms with Crippen molar-refractivity contribution >= 4 is 17.7 Å². The highest BCUT2D eigenvalue weighted by atomic mass is 16.4. The van der Waals surface area contributed by atoms with Gasteiger partial charge in [-0.3, -0.25) is 19.3 Å². The fraction of sp³-hybridized carbons (Fsp3) is 0.667. The zero-order chi connectivity index (χ0) is 12.7. The maximum Gasteiger partial charge on any atom is 0.317 e. The summed E-state index contributed by atoms with van der Waals surface area (Å²) in [4.78, 5) is 33.4. The first-order chi connectivity index (χ1) is 7.38. The highest BCUT2D eigenvalue weighted by Gasteiger charge is 2.25. The lowest BCUT2D eigenvalue weighted by molar-refractivity contribution is -0.143. The number of nitrogens with two attached hydrogens (primary N) is 1. The van der Waals surface area contributed by atoms with E-state index < -0.39 is 31.1 Å². The zero-order valence-electron chi connectivity index (χ0n) is 9.05. The summed E-state index contributed by atoms with van der Waals surface area (Å²) in [5, 5.41) is 17.2. The van der Waals surface area contributed by atoms with E-state index in [0.29, 0.717) is 0 Å². The number of rotatable bonds is 8. The summed E-state index contributed by atoms with van der Waals surface area (Å²) in [5.74, 6) is -2.64. The lowest BCUT2D eigenvalue weighted by Crippen LogP contribution is -2.46. The number of carbonyl (C=O) groups excluding carboxylic acids is 1. The Kier molecular flexibility index (Phi) is 6.28. The van der Waals surface area contributed by atoms with Crippen LogP contribution >= 0.6 is 0 Å². The number of carbonyl (C=O) groups is 3. The van der Waals surface area contributed by atoms with Crippen LogP contribution < -0.4 is 5.73 Å². The molecule has 0 aromatic carbocycles. The van der Waals surface area contributed by atoms with E-state index in [1.165, 1.54) is 6.92 Å². The smallest absolute Gasteiger partial charge is 0.317 e. The van der Waals surface area contributed by atoms with Gasteiger partial charge in [0.25, 0.3) is 0 Å². The minimum atomic E-state index is -1.18. The van der Waals surface area contributed by atoms with Crippen molar-refractivity contribution in [2.45, 2.75) is 19.4 Å². The Morgan fingerprint density at radius 3 is 1.88 bits per heavy atom. The van der Waals surface area contributed by atoms with Gasteiger partial charge in [0.2, 0.25) is 0 Å². The second kappa shape index (κ2) is 6.91. The summed E-state index contributed by atoms with van der Waals surface area (Å²) >= 11 is 0. The molecular formula is C9H16N2O5. The van der Waals surface area contributed by atoms with Gasteiger partial charge in [0, 0.05) is 0 Å². The molecule has 0 saturated carbocycles. The number of Topliss-reactive ketones (excluding diaryl/α,β-unsaturated/α-hetero) is 1. The van der Waals surface area contributed by atoms with Crippen molar-refractivity contribution in [1.29, 1.82) is 0 Å². The summed E-state index contributed by atoms with van der Waals surface area (Å²) in [6.45, 7) is 0.504. The number of hydrogen-bond acceptors (Lipinski definition) is 5. The monoisotopic (exact) mass is 232 g/mol. The Labute approximate surface area is 92.8 Å². The third kappa shape index (κ3) is 5.42. The predicted octanol–water partition coefficient (Wildman–Crippen LogP) is -1.24. The predicted molar refractivity (Wildman–Crippen MR) is 55.0 cm³/mol. The number of aliphatic carboxylic acids is 2. The molecule has 7 nitrogen and oxygen atoms in total. The second-order valence-electron chi connectivity index (χ2n) is 3.40. The molecule has 92 valence electrons. The Morgan fingerprint density at radius 1 is 1.19 bits per heavy atom. The molecule has 0 fully saturated rings. The second-order valence-corrected chi connectivity index (χ2v) is 3.40. The van der Waals surface area contributed by atoms with Crippen molar-refractivity contribution in [3.8, 4) is 0 Å². The van der Waals surface area contributed by atoms with Gasteiger partial charge in [0.15, 0.2) is 0 Å². The molecule has 0 spiro atoms. The first kappa shape index (κ1) is 14.5. The fourth-order valence-corrected chi connectivity index (χ4v) is 1.42. The third-order valence-corrected chi connectivity index (χ3v) is 2.03. The van der Waals surface area contributed by atoms with Gasteiger partial charge in [-0.25, -0.2) is 0 Å². The summed E-state index contributed by atoms with van der Waals surface area (Å²) in [7, 11) is 0. The van der Waals surface area contributed by atoms with Crippen LogP contribution in [0.15, 0.2) is 0 Å². The molecule has 0 radical (unpaired) electrons. The topological polar surface area (TPSA) is 121 Å². The van der Waals surface area contributed by atoms with Crippen LogP contribution in [-0.4, -0.2) is 58.5 Å². The number of ketones is 1. The summed E-state index contributed by atoms with van der Waals surface area (Å²) < 4.78 is 0. The van der Waals surface area contributed by atoms with Crippen molar-refractivity contribution in [2.75, 3.05) is 19.6 Å². The Hall–Kier alpha value is -1.47. The molecule has 0 aliphatic heterocycles. The number of carboxylic acids is 2. The third-order valence-electron chi connectivity index (χ3n) is 2.03. The molecule has 4 N–H and O–H groups in total. The molecule has 0 aliphatic rings. The molecule has 0 aromatic rings. The van der Waals surface area contributed by atoms with Crippen molar-refractivity contribution in [3.05, 3.63) is 0 Å². The van der Waals surface area contributed by atoms with Crippen LogP contribution in [-0.2, 0) is 14.4 Å². The van der Waals surface area contributed by atoms with Gasteiger partial charge >= 0.3 is 11.9 Å². The molecule has 0 rings (SSSR count). The van der Waals surface area contributed by atoms with E-state index in [1.807, 2.05) is 0 Å². The minimum absolute atomic E-state index is 0.194. The average molecular weight is 232 g/mol. The van der Waals surface area contributed by atoms with Crippen LogP contribution in [0, 0.1) is 0 Å². The van der Waals surface area contributed by atoms with E-state index in [-0.39, 0.29) is 18.7 Å². The van der Waals surface area contributed by atoms with Crippen LogP contribution in [0.1, 0.15) is 13.3 Å². The van der Waals surface area contributed by atoms with E-state index in [0.717, 1.165) is 4.90 Å². The molecule has 0 saturated heterocycles. The standard InChI is InChI=1S/C9H16N2O5/c1-6(12)7(2-3-10)11(4-8(13)14)5-9(15)16/h7H,2-5,10H2,1H3,(H,13,14)(H,15,16)/t7-/m1/s1. The van der Waals surface area contributed by atoms with Gasteiger partial charge in [-0.15, -0.1) is 0 Å². The lowest BCUT2D eigenvalue weighted by atomic mass is 10.1. The van der Waals surface area contributed by atoms with Crippen molar-refractivity contribution in [2.24, 2.45) is 5.73 Å². The van der Waals surface area contributed by atoms with Crippen molar-refractivity contribution in [3.63, 3.8) is 0 Å². The number of carboxylic acid groups (broad SMARTS) is 2. The largest absolute Gasteiger partial charge is 0.480 e. The average Bonchev–Trinajstić information content (AvgIpc) is 2.10. The molecule has 7 heteroatoms. The van der Waals surface area contributed by atoms with Crippen LogP contribution in [0.25, 0.3) is 0 Å². The molecule has 0 heterocycles. The molecule has 0 aliphatic carbocycles. The van der Waals surface area contributed by atoms with Gasteiger partial charge in [-0.2, -0.15) is 0 Å². The van der Waals surface area contributed by atoms with Crippen LogP contribution in [0.4, 0.5) is 0 Å². The van der Waals surface area contributed by atoms with Gasteiger partial charge in [0.05, 0.1) is 19.1 Å². The van der Waals surface area contributed by atoms with Crippen LogP contribution in [0.3, 0.4) is 0 Å². The van der Waals surface area contributed by atoms with Crippen LogP contribution in [0.5, 0.6) is 0 Å². The van der Waals surface area contributed by atoms with E-state index >= 15 is 0 Å². The Morgan fingerprint density at radius 2 is 1.62 bits per heavy atom. The van der Waals surface area contributed by atoms with E-state index in [9.17, 15) is 14.4 Å². The minimum Gasteiger partial charge on any atom is -0.480 e.